The zero-order valence-corrected chi connectivity index (χ0v) is 17.9. The lowest BCUT2D eigenvalue weighted by Gasteiger charge is -2.22. The smallest absolute Gasteiger partial charge is 0.243 e. The van der Waals surface area contributed by atoms with Crippen molar-refractivity contribution in [3.05, 3.63) is 91.0 Å². The Kier molecular flexibility index (Phi) is 7.76. The van der Waals surface area contributed by atoms with E-state index in [1.807, 2.05) is 78.4 Å². The summed E-state index contributed by atoms with van der Waals surface area (Å²) in [6, 6.07) is 19.1. The van der Waals surface area contributed by atoms with Crippen LogP contribution in [0.2, 0.25) is 0 Å². The topological polar surface area (TPSA) is 67.2 Å². The van der Waals surface area contributed by atoms with Crippen molar-refractivity contribution < 1.29 is 9.59 Å². The highest BCUT2D eigenvalue weighted by atomic mass is 16.2. The van der Waals surface area contributed by atoms with Gasteiger partial charge in [-0.2, -0.15) is 0 Å². The Morgan fingerprint density at radius 3 is 2.42 bits per heavy atom. The number of para-hydroxylation sites is 1. The van der Waals surface area contributed by atoms with Crippen LogP contribution >= 0.6 is 0 Å². The Bertz CT molecular complexity index is 999. The molecule has 0 aliphatic rings. The SMILES string of the molecule is C/C(=C\C(C(=O)NCCCn1ccnc1)C(=O)N(C)c1ccccc1)c1ccccc1. The fraction of sp³-hybridized carbons (Fsp3) is 0.240. The summed E-state index contributed by atoms with van der Waals surface area (Å²) < 4.78 is 1.96. The number of anilines is 1. The number of amides is 2. The molecule has 160 valence electrons. The van der Waals surface area contributed by atoms with Crippen LogP contribution in [0.25, 0.3) is 5.57 Å². The first-order valence-corrected chi connectivity index (χ1v) is 10.4. The van der Waals surface area contributed by atoms with Crippen LogP contribution in [-0.2, 0) is 16.1 Å². The Balaban J connectivity index is 1.74. The fourth-order valence-electron chi connectivity index (χ4n) is 3.30. The van der Waals surface area contributed by atoms with E-state index >= 15 is 0 Å². The van der Waals surface area contributed by atoms with Gasteiger partial charge in [0.05, 0.1) is 6.33 Å². The number of aryl methyl sites for hydroxylation is 1. The maximum Gasteiger partial charge on any atom is 0.243 e. The molecule has 6 heteroatoms. The third kappa shape index (κ3) is 6.15. The van der Waals surface area contributed by atoms with Crippen LogP contribution in [0.15, 0.2) is 85.5 Å². The quantitative estimate of drug-likeness (QED) is 0.426. The van der Waals surface area contributed by atoms with Crippen molar-refractivity contribution in [2.24, 2.45) is 5.92 Å². The van der Waals surface area contributed by atoms with Crippen LogP contribution in [0.4, 0.5) is 5.69 Å². The third-order valence-corrected chi connectivity index (χ3v) is 5.12. The van der Waals surface area contributed by atoms with E-state index in [0.717, 1.165) is 29.8 Å². The number of carbonyl (C=O) groups is 2. The van der Waals surface area contributed by atoms with E-state index in [1.54, 1.807) is 25.6 Å². The number of carbonyl (C=O) groups excluding carboxylic acids is 2. The predicted octanol–water partition coefficient (Wildman–Crippen LogP) is 3.77. The van der Waals surface area contributed by atoms with E-state index in [1.165, 1.54) is 4.90 Å². The normalized spacial score (nSPS) is 12.3. The molecule has 0 spiro atoms. The zero-order chi connectivity index (χ0) is 22.1. The highest BCUT2D eigenvalue weighted by molar-refractivity contribution is 6.09. The lowest BCUT2D eigenvalue weighted by Crippen LogP contribution is -2.42. The van der Waals surface area contributed by atoms with Gasteiger partial charge < -0.3 is 14.8 Å². The standard InChI is InChI=1S/C25H28N4O2/c1-20(21-10-5-3-6-11-21)18-23(25(31)28(2)22-12-7-4-8-13-22)24(30)27-14-9-16-29-17-15-26-19-29/h3-8,10-13,15,17-19,23H,9,14,16H2,1-2H3,(H,27,30)/b20-18+. The summed E-state index contributed by atoms with van der Waals surface area (Å²) in [5.74, 6) is -1.49. The molecule has 3 rings (SSSR count). The first-order valence-electron chi connectivity index (χ1n) is 10.4. The lowest BCUT2D eigenvalue weighted by molar-refractivity contribution is -0.131. The van der Waals surface area contributed by atoms with Gasteiger partial charge in [0.15, 0.2) is 0 Å². The molecule has 31 heavy (non-hydrogen) atoms. The van der Waals surface area contributed by atoms with Crippen molar-refractivity contribution >= 4 is 23.1 Å². The molecular weight excluding hydrogens is 388 g/mol. The van der Waals surface area contributed by atoms with Gasteiger partial charge in [-0.25, -0.2) is 4.98 Å². The maximum absolute atomic E-state index is 13.3. The van der Waals surface area contributed by atoms with Crippen molar-refractivity contribution in [1.29, 1.82) is 0 Å². The van der Waals surface area contributed by atoms with E-state index < -0.39 is 5.92 Å². The number of nitrogens with zero attached hydrogens (tertiary/aromatic N) is 3. The molecule has 1 atom stereocenters. The number of hydrogen-bond donors (Lipinski definition) is 1. The van der Waals surface area contributed by atoms with Gasteiger partial charge in [-0.15, -0.1) is 0 Å². The van der Waals surface area contributed by atoms with Crippen LogP contribution in [0, 0.1) is 5.92 Å². The monoisotopic (exact) mass is 416 g/mol. The van der Waals surface area contributed by atoms with Gasteiger partial charge in [-0.1, -0.05) is 54.6 Å². The minimum absolute atomic E-state index is 0.270. The summed E-state index contributed by atoms with van der Waals surface area (Å²) in [7, 11) is 1.70. The van der Waals surface area contributed by atoms with Crippen LogP contribution in [0.3, 0.4) is 0 Å². The number of imidazole rings is 1. The number of allylic oxidation sites excluding steroid dienone is 1. The van der Waals surface area contributed by atoms with Gasteiger partial charge in [-0.3, -0.25) is 9.59 Å². The Hall–Kier alpha value is -3.67. The zero-order valence-electron chi connectivity index (χ0n) is 17.9. The molecule has 0 aliphatic heterocycles. The summed E-state index contributed by atoms with van der Waals surface area (Å²) >= 11 is 0. The molecule has 3 aromatic rings. The molecule has 0 saturated carbocycles. The van der Waals surface area contributed by atoms with E-state index in [-0.39, 0.29) is 11.8 Å². The summed E-state index contributed by atoms with van der Waals surface area (Å²) in [4.78, 5) is 31.9. The summed E-state index contributed by atoms with van der Waals surface area (Å²) in [5.41, 5.74) is 2.61. The second-order valence-corrected chi connectivity index (χ2v) is 7.37. The molecule has 2 amide bonds. The van der Waals surface area contributed by atoms with Gasteiger partial charge in [-0.05, 0) is 36.6 Å². The minimum atomic E-state index is -0.918. The molecular formula is C25H28N4O2. The Morgan fingerprint density at radius 2 is 1.77 bits per heavy atom. The molecule has 0 saturated heterocycles. The van der Waals surface area contributed by atoms with Crippen LogP contribution in [0.5, 0.6) is 0 Å². The van der Waals surface area contributed by atoms with E-state index in [0.29, 0.717) is 6.54 Å². The maximum atomic E-state index is 13.3. The van der Waals surface area contributed by atoms with Crippen molar-refractivity contribution in [2.75, 3.05) is 18.5 Å². The number of benzene rings is 2. The van der Waals surface area contributed by atoms with Gasteiger partial charge >= 0.3 is 0 Å². The minimum Gasteiger partial charge on any atom is -0.355 e. The van der Waals surface area contributed by atoms with E-state index in [4.69, 9.17) is 0 Å². The highest BCUT2D eigenvalue weighted by Gasteiger charge is 2.28. The number of aromatic nitrogens is 2. The van der Waals surface area contributed by atoms with E-state index in [9.17, 15) is 9.59 Å². The molecule has 2 aromatic carbocycles. The highest BCUT2D eigenvalue weighted by Crippen LogP contribution is 2.20. The molecule has 1 aromatic heterocycles. The Labute approximate surface area is 183 Å². The van der Waals surface area contributed by atoms with Gasteiger partial charge in [0.2, 0.25) is 11.8 Å². The predicted molar refractivity (Wildman–Crippen MR) is 123 cm³/mol. The molecule has 6 nitrogen and oxygen atoms in total. The Morgan fingerprint density at radius 1 is 1.10 bits per heavy atom. The molecule has 0 bridgehead atoms. The average molecular weight is 417 g/mol. The van der Waals surface area contributed by atoms with Crippen molar-refractivity contribution in [1.82, 2.24) is 14.9 Å². The lowest BCUT2D eigenvalue weighted by atomic mass is 9.99. The second kappa shape index (κ2) is 10.9. The molecule has 0 radical (unpaired) electrons. The van der Waals surface area contributed by atoms with Crippen molar-refractivity contribution in [3.63, 3.8) is 0 Å². The molecule has 1 heterocycles. The number of rotatable bonds is 9. The van der Waals surface area contributed by atoms with E-state index in [2.05, 4.69) is 10.3 Å². The summed E-state index contributed by atoms with van der Waals surface area (Å²) in [6.07, 6.45) is 7.86. The molecule has 0 fully saturated rings. The second-order valence-electron chi connectivity index (χ2n) is 7.37. The first-order chi connectivity index (χ1) is 15.1. The van der Waals surface area contributed by atoms with Gasteiger partial charge in [0.1, 0.15) is 5.92 Å². The molecule has 1 unspecified atom stereocenters. The van der Waals surface area contributed by atoms with Crippen molar-refractivity contribution in [3.8, 4) is 0 Å². The third-order valence-electron chi connectivity index (χ3n) is 5.12. The molecule has 0 aliphatic carbocycles. The first kappa shape index (κ1) is 22.0. The largest absolute Gasteiger partial charge is 0.355 e. The molecule has 1 N–H and O–H groups in total. The summed E-state index contributed by atoms with van der Waals surface area (Å²) in [6.45, 7) is 3.15. The van der Waals surface area contributed by atoms with Gasteiger partial charge in [0, 0.05) is 38.2 Å². The average Bonchev–Trinajstić information content (AvgIpc) is 3.34. The van der Waals surface area contributed by atoms with Gasteiger partial charge in [0.25, 0.3) is 0 Å². The van der Waals surface area contributed by atoms with Crippen molar-refractivity contribution in [2.45, 2.75) is 19.9 Å². The van der Waals surface area contributed by atoms with Crippen LogP contribution in [0.1, 0.15) is 18.9 Å². The van der Waals surface area contributed by atoms with Crippen LogP contribution in [-0.4, -0.2) is 35.0 Å². The fourth-order valence-corrected chi connectivity index (χ4v) is 3.30. The number of hydrogen-bond acceptors (Lipinski definition) is 3. The van der Waals surface area contributed by atoms with Crippen LogP contribution < -0.4 is 10.2 Å². The summed E-state index contributed by atoms with van der Waals surface area (Å²) in [5, 5.41) is 2.92. The number of nitrogens with one attached hydrogen (secondary N) is 1.